The van der Waals surface area contributed by atoms with E-state index < -0.39 is 0 Å². The van der Waals surface area contributed by atoms with Crippen LogP contribution in [0.1, 0.15) is 0 Å². The summed E-state index contributed by atoms with van der Waals surface area (Å²) in [5, 5.41) is 7.21. The lowest BCUT2D eigenvalue weighted by molar-refractivity contribution is 0.416. The van der Waals surface area contributed by atoms with Crippen molar-refractivity contribution < 1.29 is 9.47 Å². The van der Waals surface area contributed by atoms with Crippen LogP contribution >= 0.6 is 0 Å². The van der Waals surface area contributed by atoms with Crippen LogP contribution in [-0.4, -0.2) is 14.2 Å². The van der Waals surface area contributed by atoms with E-state index in [4.69, 9.17) is 9.47 Å². The molecule has 0 aromatic heterocycles. The van der Waals surface area contributed by atoms with Crippen LogP contribution in [0.3, 0.4) is 0 Å². The molecule has 0 saturated carbocycles. The number of hydrogen-bond donors (Lipinski definition) is 0. The van der Waals surface area contributed by atoms with Crippen LogP contribution in [-0.2, 0) is 0 Å². The smallest absolute Gasteiger partial charge is 0.126 e. The second-order valence-corrected chi connectivity index (χ2v) is 8.44. The van der Waals surface area contributed by atoms with E-state index in [0.29, 0.717) is 0 Å². The predicted molar refractivity (Wildman–Crippen MR) is 143 cm³/mol. The highest BCUT2D eigenvalue weighted by molar-refractivity contribution is 6.24. The molecule has 6 aromatic rings. The number of fused-ring (bicyclic) bond motifs is 3. The zero-order valence-corrected chi connectivity index (χ0v) is 19.2. The van der Waals surface area contributed by atoms with E-state index in [1.54, 1.807) is 14.2 Å². The van der Waals surface area contributed by atoms with Crippen molar-refractivity contribution in [3.8, 4) is 33.8 Å². The van der Waals surface area contributed by atoms with Gasteiger partial charge in [-0.05, 0) is 56.6 Å². The maximum Gasteiger partial charge on any atom is 0.126 e. The first-order valence-electron chi connectivity index (χ1n) is 11.4. The molecule has 6 aromatic carbocycles. The second kappa shape index (κ2) is 8.24. The summed E-state index contributed by atoms with van der Waals surface area (Å²) in [6, 6.07) is 38.4. The largest absolute Gasteiger partial charge is 0.496 e. The number of rotatable bonds is 4. The molecule has 0 saturated heterocycles. The third-order valence-electron chi connectivity index (χ3n) is 6.64. The molecule has 6 rings (SSSR count). The number of ether oxygens (including phenoxy) is 2. The monoisotopic (exact) mass is 440 g/mol. The van der Waals surface area contributed by atoms with Gasteiger partial charge in [-0.3, -0.25) is 0 Å². The molecule has 0 aliphatic rings. The van der Waals surface area contributed by atoms with E-state index in [0.717, 1.165) is 22.6 Å². The van der Waals surface area contributed by atoms with Crippen molar-refractivity contribution in [3.63, 3.8) is 0 Å². The van der Waals surface area contributed by atoms with Crippen LogP contribution in [0, 0.1) is 0 Å². The van der Waals surface area contributed by atoms with E-state index >= 15 is 0 Å². The maximum atomic E-state index is 5.82. The highest BCUT2D eigenvalue weighted by Gasteiger charge is 2.20. The first-order valence-corrected chi connectivity index (χ1v) is 11.4. The van der Waals surface area contributed by atoms with Gasteiger partial charge in [0.15, 0.2) is 0 Å². The molecule has 0 aliphatic carbocycles. The molecule has 0 amide bonds. The Labute approximate surface area is 199 Å². The van der Waals surface area contributed by atoms with Gasteiger partial charge in [0, 0.05) is 22.3 Å². The van der Waals surface area contributed by atoms with Gasteiger partial charge in [0.05, 0.1) is 14.2 Å². The van der Waals surface area contributed by atoms with Crippen LogP contribution in [0.2, 0.25) is 0 Å². The van der Waals surface area contributed by atoms with Gasteiger partial charge in [0.2, 0.25) is 0 Å². The zero-order chi connectivity index (χ0) is 23.1. The Hall–Kier alpha value is -4.30. The van der Waals surface area contributed by atoms with Gasteiger partial charge >= 0.3 is 0 Å². The molecule has 0 bridgehead atoms. The summed E-state index contributed by atoms with van der Waals surface area (Å²) < 4.78 is 11.6. The fourth-order valence-electron chi connectivity index (χ4n) is 5.15. The molecule has 0 spiro atoms. The van der Waals surface area contributed by atoms with Crippen molar-refractivity contribution in [3.05, 3.63) is 109 Å². The first-order chi connectivity index (χ1) is 16.8. The van der Waals surface area contributed by atoms with Gasteiger partial charge in [-0.25, -0.2) is 0 Å². The van der Waals surface area contributed by atoms with Crippen molar-refractivity contribution in [1.29, 1.82) is 0 Å². The quantitative estimate of drug-likeness (QED) is 0.256. The van der Waals surface area contributed by atoms with E-state index in [2.05, 4.69) is 84.9 Å². The molecule has 0 N–H and O–H groups in total. The lowest BCUT2D eigenvalue weighted by Crippen LogP contribution is -1.95. The normalized spacial score (nSPS) is 11.2. The summed E-state index contributed by atoms with van der Waals surface area (Å²) in [6.07, 6.45) is 0. The van der Waals surface area contributed by atoms with E-state index in [9.17, 15) is 0 Å². The molecule has 0 fully saturated rings. The second-order valence-electron chi connectivity index (χ2n) is 8.44. The Bertz CT molecular complexity index is 1560. The molecule has 2 heteroatoms. The topological polar surface area (TPSA) is 18.5 Å². The van der Waals surface area contributed by atoms with Crippen LogP contribution in [0.25, 0.3) is 54.6 Å². The minimum Gasteiger partial charge on any atom is -0.496 e. The summed E-state index contributed by atoms with van der Waals surface area (Å²) >= 11 is 0. The lowest BCUT2D eigenvalue weighted by atomic mass is 9.84. The molecule has 0 aliphatic heterocycles. The lowest BCUT2D eigenvalue weighted by Gasteiger charge is -2.20. The van der Waals surface area contributed by atoms with Crippen molar-refractivity contribution in [1.82, 2.24) is 0 Å². The Morgan fingerprint density at radius 3 is 1.24 bits per heavy atom. The molecular formula is C32H24O2. The SMILES string of the molecule is COc1ccccc1-c1c2ccccc2c(-c2ccccc2OC)c2cc3ccccc3cc12. The molecule has 0 heterocycles. The molecule has 34 heavy (non-hydrogen) atoms. The van der Waals surface area contributed by atoms with Crippen molar-refractivity contribution in [2.24, 2.45) is 0 Å². The van der Waals surface area contributed by atoms with Gasteiger partial charge in [-0.15, -0.1) is 0 Å². The summed E-state index contributed by atoms with van der Waals surface area (Å²) in [5.41, 5.74) is 4.56. The average molecular weight is 441 g/mol. The van der Waals surface area contributed by atoms with Crippen LogP contribution in [0.15, 0.2) is 109 Å². The fraction of sp³-hybridized carbons (Fsp3) is 0.0625. The minimum absolute atomic E-state index is 0.868. The van der Waals surface area contributed by atoms with Crippen molar-refractivity contribution in [2.75, 3.05) is 14.2 Å². The molecule has 0 radical (unpaired) electrons. The summed E-state index contributed by atoms with van der Waals surface area (Å²) in [4.78, 5) is 0. The van der Waals surface area contributed by atoms with E-state index in [1.807, 2.05) is 24.3 Å². The van der Waals surface area contributed by atoms with E-state index in [-0.39, 0.29) is 0 Å². The number of hydrogen-bond acceptors (Lipinski definition) is 2. The van der Waals surface area contributed by atoms with Crippen molar-refractivity contribution >= 4 is 32.3 Å². The third kappa shape index (κ3) is 3.11. The molecule has 0 atom stereocenters. The van der Waals surface area contributed by atoms with Crippen molar-refractivity contribution in [2.45, 2.75) is 0 Å². The van der Waals surface area contributed by atoms with Crippen LogP contribution < -0.4 is 9.47 Å². The number of para-hydroxylation sites is 2. The Morgan fingerprint density at radius 2 is 0.794 bits per heavy atom. The zero-order valence-electron chi connectivity index (χ0n) is 19.2. The Balaban J connectivity index is 1.89. The average Bonchev–Trinajstić information content (AvgIpc) is 2.90. The maximum absolute atomic E-state index is 5.82. The summed E-state index contributed by atoms with van der Waals surface area (Å²) in [7, 11) is 3.48. The number of methoxy groups -OCH3 is 2. The minimum atomic E-state index is 0.868. The van der Waals surface area contributed by atoms with Gasteiger partial charge in [-0.2, -0.15) is 0 Å². The molecular weight excluding hydrogens is 416 g/mol. The van der Waals surface area contributed by atoms with Crippen LogP contribution in [0.4, 0.5) is 0 Å². The Morgan fingerprint density at radius 1 is 0.412 bits per heavy atom. The highest BCUT2D eigenvalue weighted by Crippen LogP contribution is 2.48. The standard InChI is InChI=1S/C32H24O2/c1-33-29-17-9-7-15-25(29)31-23-13-5-6-14-24(23)32(26-16-8-10-18-30(26)34-2)28-20-22-12-4-3-11-21(22)19-27(28)31/h3-20H,1-2H3. The summed E-state index contributed by atoms with van der Waals surface area (Å²) in [5.74, 6) is 1.74. The summed E-state index contributed by atoms with van der Waals surface area (Å²) in [6.45, 7) is 0. The Kier molecular flexibility index (Phi) is 4.92. The first kappa shape index (κ1) is 20.3. The fourth-order valence-corrected chi connectivity index (χ4v) is 5.15. The van der Waals surface area contributed by atoms with Crippen LogP contribution in [0.5, 0.6) is 11.5 Å². The molecule has 164 valence electrons. The van der Waals surface area contributed by atoms with Gasteiger partial charge in [0.1, 0.15) is 11.5 Å². The molecule has 0 unspecified atom stereocenters. The third-order valence-corrected chi connectivity index (χ3v) is 6.64. The van der Waals surface area contributed by atoms with Gasteiger partial charge in [0.25, 0.3) is 0 Å². The highest BCUT2D eigenvalue weighted by atomic mass is 16.5. The van der Waals surface area contributed by atoms with Gasteiger partial charge < -0.3 is 9.47 Å². The predicted octanol–water partition coefficient (Wildman–Crippen LogP) is 8.50. The molecule has 2 nitrogen and oxygen atoms in total. The number of benzene rings is 6. The van der Waals surface area contributed by atoms with Gasteiger partial charge in [-0.1, -0.05) is 84.9 Å². The van der Waals surface area contributed by atoms with E-state index in [1.165, 1.54) is 43.4 Å².